The van der Waals surface area contributed by atoms with Gasteiger partial charge in [0.15, 0.2) is 5.12 Å². The van der Waals surface area contributed by atoms with Crippen molar-refractivity contribution >= 4 is 17.7 Å². The Morgan fingerprint density at radius 3 is 2.27 bits per heavy atom. The van der Waals surface area contributed by atoms with Crippen LogP contribution in [0, 0.1) is 0 Å². The molecule has 0 aromatic rings. The molecule has 0 aromatic carbocycles. The van der Waals surface area contributed by atoms with Gasteiger partial charge in [0.1, 0.15) is 0 Å². The number of hydrogen-bond donors (Lipinski definition) is 1. The number of thiol groups is 1. The zero-order chi connectivity index (χ0) is 7.82. The van der Waals surface area contributed by atoms with Gasteiger partial charge >= 0.3 is 29.6 Å². The van der Waals surface area contributed by atoms with Crippen LogP contribution in [0.25, 0.3) is 0 Å². The third-order valence-electron chi connectivity index (χ3n) is 1.49. The molecule has 11 heavy (non-hydrogen) atoms. The molecule has 0 bridgehead atoms. The number of unbranched alkanes of at least 4 members (excludes halogenated alkanes) is 4. The van der Waals surface area contributed by atoms with E-state index in [4.69, 9.17) is 0 Å². The summed E-state index contributed by atoms with van der Waals surface area (Å²) < 4.78 is 0. The summed E-state index contributed by atoms with van der Waals surface area (Å²) in [4.78, 5) is 10.3. The minimum Gasteiger partial charge on any atom is -1.00 e. The summed E-state index contributed by atoms with van der Waals surface area (Å²) in [6, 6.07) is 0. The Morgan fingerprint density at radius 1 is 1.27 bits per heavy atom. The Bertz CT molecular complexity index is 101. The molecular weight excluding hydrogens is 167 g/mol. The molecule has 0 radical (unpaired) electrons. The van der Waals surface area contributed by atoms with Crippen molar-refractivity contribution in [2.45, 2.75) is 45.4 Å². The van der Waals surface area contributed by atoms with Crippen LogP contribution in [0.5, 0.6) is 0 Å². The van der Waals surface area contributed by atoms with Gasteiger partial charge in [-0.1, -0.05) is 32.6 Å². The minimum atomic E-state index is 0. The van der Waals surface area contributed by atoms with Crippen LogP contribution in [0.3, 0.4) is 0 Å². The average molecular weight is 184 g/mol. The fraction of sp³-hybridized carbons (Fsp3) is 0.875. The van der Waals surface area contributed by atoms with Crippen LogP contribution < -0.4 is 29.6 Å². The molecule has 0 saturated carbocycles. The van der Waals surface area contributed by atoms with E-state index in [-0.39, 0.29) is 36.1 Å². The number of hydrogen-bond acceptors (Lipinski definition) is 1. The van der Waals surface area contributed by atoms with Crippen molar-refractivity contribution in [1.29, 1.82) is 0 Å². The van der Waals surface area contributed by atoms with Crippen LogP contribution in [0.4, 0.5) is 0 Å². The van der Waals surface area contributed by atoms with Gasteiger partial charge in [-0.25, -0.2) is 0 Å². The van der Waals surface area contributed by atoms with E-state index >= 15 is 0 Å². The normalized spacial score (nSPS) is 8.91. The van der Waals surface area contributed by atoms with Gasteiger partial charge in [0, 0.05) is 6.42 Å². The average Bonchev–Trinajstić information content (AvgIpc) is 1.87. The maximum atomic E-state index is 10.3. The molecule has 0 rings (SSSR count). The van der Waals surface area contributed by atoms with Crippen LogP contribution >= 0.6 is 12.6 Å². The van der Waals surface area contributed by atoms with Crippen molar-refractivity contribution in [2.75, 3.05) is 0 Å². The summed E-state index contributed by atoms with van der Waals surface area (Å²) >= 11 is 3.68. The molecule has 0 aliphatic carbocycles. The van der Waals surface area contributed by atoms with Crippen LogP contribution in [-0.2, 0) is 4.79 Å². The molecule has 0 atom stereocenters. The molecule has 0 saturated heterocycles. The van der Waals surface area contributed by atoms with E-state index in [0.717, 1.165) is 6.42 Å². The second kappa shape index (κ2) is 11.0. The Labute approximate surface area is 98.5 Å². The zero-order valence-electron chi connectivity index (χ0n) is 8.60. The van der Waals surface area contributed by atoms with Gasteiger partial charge in [0.05, 0.1) is 0 Å². The first-order valence-corrected chi connectivity index (χ1v) is 4.44. The second-order valence-electron chi connectivity index (χ2n) is 2.56. The van der Waals surface area contributed by atoms with Gasteiger partial charge in [0.2, 0.25) is 0 Å². The quantitative estimate of drug-likeness (QED) is 0.347. The molecule has 0 aliphatic rings. The van der Waals surface area contributed by atoms with Gasteiger partial charge in [-0.15, -0.1) is 12.6 Å². The number of carbonyl (C=O) groups excluding carboxylic acids is 1. The summed E-state index contributed by atoms with van der Waals surface area (Å²) in [5, 5.41) is 0.0245. The van der Waals surface area contributed by atoms with Gasteiger partial charge in [-0.2, -0.15) is 0 Å². The molecule has 3 heteroatoms. The van der Waals surface area contributed by atoms with E-state index < -0.39 is 0 Å². The molecule has 1 nitrogen and oxygen atoms in total. The molecule has 0 fully saturated rings. The predicted octanol–water partition coefficient (Wildman–Crippen LogP) is -0.0802. The summed E-state index contributed by atoms with van der Waals surface area (Å²) in [5.74, 6) is 0. The van der Waals surface area contributed by atoms with Crippen molar-refractivity contribution in [3.63, 3.8) is 0 Å². The number of carbonyl (C=O) groups is 1. The van der Waals surface area contributed by atoms with Crippen molar-refractivity contribution in [1.82, 2.24) is 0 Å². The summed E-state index contributed by atoms with van der Waals surface area (Å²) in [5.41, 5.74) is 0. The summed E-state index contributed by atoms with van der Waals surface area (Å²) in [7, 11) is 0. The molecule has 0 heterocycles. The van der Waals surface area contributed by atoms with Crippen molar-refractivity contribution < 1.29 is 35.8 Å². The fourth-order valence-corrected chi connectivity index (χ4v) is 1.04. The Kier molecular flexibility index (Phi) is 14.6. The Balaban J connectivity index is -0.000000405. The van der Waals surface area contributed by atoms with E-state index in [1.54, 1.807) is 0 Å². The van der Waals surface area contributed by atoms with Gasteiger partial charge in [0.25, 0.3) is 0 Å². The van der Waals surface area contributed by atoms with Gasteiger partial charge in [-0.05, 0) is 6.42 Å². The first-order chi connectivity index (χ1) is 4.77. The monoisotopic (exact) mass is 184 g/mol. The summed E-state index contributed by atoms with van der Waals surface area (Å²) in [6.45, 7) is 2.18. The molecule has 0 aliphatic heterocycles. The van der Waals surface area contributed by atoms with E-state index in [1.165, 1.54) is 25.7 Å². The maximum Gasteiger partial charge on any atom is 1.00 e. The first-order valence-electron chi connectivity index (χ1n) is 3.99. The fourth-order valence-electron chi connectivity index (χ4n) is 0.880. The SMILES string of the molecule is CCCCCCCC(=O)S.[H-].[Na+]. The molecule has 0 spiro atoms. The van der Waals surface area contributed by atoms with E-state index in [2.05, 4.69) is 19.6 Å². The zero-order valence-corrected chi connectivity index (χ0v) is 10.5. The van der Waals surface area contributed by atoms with Crippen LogP contribution in [0.15, 0.2) is 0 Å². The third-order valence-corrected chi connectivity index (χ3v) is 1.72. The van der Waals surface area contributed by atoms with Crippen LogP contribution in [0.1, 0.15) is 46.9 Å². The number of rotatable bonds is 6. The molecule has 0 N–H and O–H groups in total. The smallest absolute Gasteiger partial charge is 1.00 e. The topological polar surface area (TPSA) is 17.1 Å². The van der Waals surface area contributed by atoms with Crippen LogP contribution in [-0.4, -0.2) is 5.12 Å². The molecule has 0 aromatic heterocycles. The van der Waals surface area contributed by atoms with Crippen LogP contribution in [0.2, 0.25) is 0 Å². The van der Waals surface area contributed by atoms with E-state index in [9.17, 15) is 4.79 Å². The second-order valence-corrected chi connectivity index (χ2v) is 3.06. The molecule has 0 amide bonds. The third kappa shape index (κ3) is 13.9. The van der Waals surface area contributed by atoms with Gasteiger partial charge < -0.3 is 1.43 Å². The Hall–Kier alpha value is 1.02. The van der Waals surface area contributed by atoms with Crippen molar-refractivity contribution in [2.24, 2.45) is 0 Å². The molecule has 62 valence electrons. The van der Waals surface area contributed by atoms with Crippen molar-refractivity contribution in [3.8, 4) is 0 Å². The largest absolute Gasteiger partial charge is 1.00 e. The van der Waals surface area contributed by atoms with Gasteiger partial charge in [-0.3, -0.25) is 4.79 Å². The van der Waals surface area contributed by atoms with E-state index in [0.29, 0.717) is 6.42 Å². The molecular formula is C8H17NaOS. The first kappa shape index (κ1) is 14.5. The molecule has 0 unspecified atom stereocenters. The maximum absolute atomic E-state index is 10.3. The minimum absolute atomic E-state index is 0. The predicted molar refractivity (Wildman–Crippen MR) is 48.5 cm³/mol. The van der Waals surface area contributed by atoms with E-state index in [1.807, 2.05) is 0 Å². The summed E-state index contributed by atoms with van der Waals surface area (Å²) in [6.07, 6.45) is 6.66. The van der Waals surface area contributed by atoms with Crippen molar-refractivity contribution in [3.05, 3.63) is 0 Å². The Morgan fingerprint density at radius 2 is 1.82 bits per heavy atom. The standard InChI is InChI=1S/C8H16OS.Na.H/c1-2-3-4-5-6-7-8(9)10;;/h2-7H2,1H3,(H,9,10);;/q;+1;-1.